The summed E-state index contributed by atoms with van der Waals surface area (Å²) in [6, 6.07) is 8.30. The molecular weight excluding hydrogens is 243 g/mol. The Labute approximate surface area is 112 Å². The van der Waals surface area contributed by atoms with Gasteiger partial charge in [0, 0.05) is 6.20 Å². The van der Waals surface area contributed by atoms with Crippen LogP contribution >= 0.6 is 0 Å². The number of aryl methyl sites for hydroxylation is 1. The van der Waals surface area contributed by atoms with Crippen molar-refractivity contribution in [3.8, 4) is 5.75 Å². The molecule has 1 aromatic heterocycles. The maximum absolute atomic E-state index is 13.6. The van der Waals surface area contributed by atoms with Crippen LogP contribution in [0, 0.1) is 12.7 Å². The van der Waals surface area contributed by atoms with Crippen LogP contribution in [0.2, 0.25) is 0 Å². The summed E-state index contributed by atoms with van der Waals surface area (Å²) in [5.41, 5.74) is 8.40. The van der Waals surface area contributed by atoms with Crippen molar-refractivity contribution >= 4 is 0 Å². The van der Waals surface area contributed by atoms with E-state index >= 15 is 0 Å². The first-order valence-corrected chi connectivity index (χ1v) is 6.11. The van der Waals surface area contributed by atoms with Gasteiger partial charge in [0.1, 0.15) is 11.6 Å². The number of rotatable bonds is 4. The summed E-state index contributed by atoms with van der Waals surface area (Å²) in [6.45, 7) is 2.00. The van der Waals surface area contributed by atoms with Crippen LogP contribution in [0.15, 0.2) is 36.5 Å². The van der Waals surface area contributed by atoms with Gasteiger partial charge in [0.15, 0.2) is 0 Å². The SMILES string of the molecule is COc1ccc(C)cc1CC(N)c1ncccc1F. The lowest BCUT2D eigenvalue weighted by atomic mass is 10.0. The lowest BCUT2D eigenvalue weighted by Gasteiger charge is -2.15. The average Bonchev–Trinajstić information content (AvgIpc) is 2.39. The third-order valence-corrected chi connectivity index (χ3v) is 3.01. The smallest absolute Gasteiger partial charge is 0.146 e. The molecule has 0 amide bonds. The van der Waals surface area contributed by atoms with Crippen molar-refractivity contribution in [1.82, 2.24) is 4.98 Å². The van der Waals surface area contributed by atoms with E-state index in [1.54, 1.807) is 19.4 Å². The first-order chi connectivity index (χ1) is 9.11. The van der Waals surface area contributed by atoms with E-state index in [4.69, 9.17) is 10.5 Å². The highest BCUT2D eigenvalue weighted by Gasteiger charge is 2.15. The van der Waals surface area contributed by atoms with Gasteiger partial charge in [-0.2, -0.15) is 0 Å². The molecule has 19 heavy (non-hydrogen) atoms. The van der Waals surface area contributed by atoms with Gasteiger partial charge < -0.3 is 10.5 Å². The van der Waals surface area contributed by atoms with E-state index in [-0.39, 0.29) is 11.5 Å². The van der Waals surface area contributed by atoms with Gasteiger partial charge in [-0.15, -0.1) is 0 Å². The summed E-state index contributed by atoms with van der Waals surface area (Å²) < 4.78 is 18.9. The minimum absolute atomic E-state index is 0.283. The van der Waals surface area contributed by atoms with E-state index in [1.807, 2.05) is 25.1 Å². The molecule has 100 valence electrons. The lowest BCUT2D eigenvalue weighted by Crippen LogP contribution is -2.17. The average molecular weight is 260 g/mol. The molecule has 2 aromatic rings. The molecule has 3 nitrogen and oxygen atoms in total. The Bertz CT molecular complexity index is 572. The predicted octanol–water partition coefficient (Wildman–Crippen LogP) is 2.78. The molecule has 0 saturated carbocycles. The second kappa shape index (κ2) is 5.80. The van der Waals surface area contributed by atoms with Gasteiger partial charge in [-0.25, -0.2) is 4.39 Å². The van der Waals surface area contributed by atoms with Crippen molar-refractivity contribution in [1.29, 1.82) is 0 Å². The van der Waals surface area contributed by atoms with Crippen LogP contribution in [-0.2, 0) is 6.42 Å². The van der Waals surface area contributed by atoms with E-state index < -0.39 is 6.04 Å². The van der Waals surface area contributed by atoms with E-state index in [0.29, 0.717) is 6.42 Å². The van der Waals surface area contributed by atoms with Gasteiger partial charge in [0.2, 0.25) is 0 Å². The maximum atomic E-state index is 13.6. The van der Waals surface area contributed by atoms with Crippen molar-refractivity contribution in [2.75, 3.05) is 7.11 Å². The van der Waals surface area contributed by atoms with Crippen LogP contribution in [0.3, 0.4) is 0 Å². The highest BCUT2D eigenvalue weighted by molar-refractivity contribution is 5.38. The summed E-state index contributed by atoms with van der Waals surface area (Å²) in [6.07, 6.45) is 2.03. The highest BCUT2D eigenvalue weighted by atomic mass is 19.1. The van der Waals surface area contributed by atoms with Crippen LogP contribution in [-0.4, -0.2) is 12.1 Å². The summed E-state index contributed by atoms with van der Waals surface area (Å²) >= 11 is 0. The molecule has 0 aliphatic carbocycles. The van der Waals surface area contributed by atoms with Crippen molar-refractivity contribution in [2.24, 2.45) is 5.73 Å². The summed E-state index contributed by atoms with van der Waals surface area (Å²) in [5.74, 6) is 0.388. The molecule has 1 aromatic carbocycles. The molecule has 0 bridgehead atoms. The van der Waals surface area contributed by atoms with Gasteiger partial charge in [-0.3, -0.25) is 4.98 Å². The summed E-state index contributed by atoms with van der Waals surface area (Å²) in [4.78, 5) is 4.01. The molecule has 0 aliphatic rings. The zero-order chi connectivity index (χ0) is 13.8. The fourth-order valence-corrected chi connectivity index (χ4v) is 2.07. The molecule has 2 rings (SSSR count). The minimum Gasteiger partial charge on any atom is -0.496 e. The molecule has 0 saturated heterocycles. The third-order valence-electron chi connectivity index (χ3n) is 3.01. The number of ether oxygens (including phenoxy) is 1. The van der Waals surface area contributed by atoms with Crippen molar-refractivity contribution in [2.45, 2.75) is 19.4 Å². The number of halogens is 1. The first-order valence-electron chi connectivity index (χ1n) is 6.11. The van der Waals surface area contributed by atoms with Crippen molar-refractivity contribution in [3.63, 3.8) is 0 Å². The normalized spacial score (nSPS) is 12.2. The number of hydrogen-bond donors (Lipinski definition) is 1. The standard InChI is InChI=1S/C15H17FN2O/c1-10-5-6-14(19-2)11(8-10)9-13(17)15-12(16)4-3-7-18-15/h3-8,13H,9,17H2,1-2H3. The summed E-state index contributed by atoms with van der Waals surface area (Å²) in [5, 5.41) is 0. The van der Waals surface area contributed by atoms with Crippen LogP contribution in [0.5, 0.6) is 5.75 Å². The van der Waals surface area contributed by atoms with Crippen molar-refractivity contribution < 1.29 is 9.13 Å². The van der Waals surface area contributed by atoms with Gasteiger partial charge in [0.25, 0.3) is 0 Å². The van der Waals surface area contributed by atoms with Gasteiger partial charge in [0.05, 0.1) is 18.8 Å². The van der Waals surface area contributed by atoms with Crippen molar-refractivity contribution in [3.05, 3.63) is 59.2 Å². The van der Waals surface area contributed by atoms with Gasteiger partial charge in [-0.05, 0) is 37.1 Å². The second-order valence-electron chi connectivity index (χ2n) is 4.50. The molecule has 4 heteroatoms. The number of methoxy groups -OCH3 is 1. The number of aromatic nitrogens is 1. The number of nitrogens with two attached hydrogens (primary N) is 1. The Morgan fingerprint density at radius 1 is 1.37 bits per heavy atom. The van der Waals surface area contributed by atoms with E-state index in [2.05, 4.69) is 4.98 Å². The number of pyridine rings is 1. The number of nitrogens with zero attached hydrogens (tertiary/aromatic N) is 1. The highest BCUT2D eigenvalue weighted by Crippen LogP contribution is 2.25. The monoisotopic (exact) mass is 260 g/mol. The number of hydrogen-bond acceptors (Lipinski definition) is 3. The first kappa shape index (κ1) is 13.5. The predicted molar refractivity (Wildman–Crippen MR) is 72.6 cm³/mol. The molecule has 1 unspecified atom stereocenters. The Morgan fingerprint density at radius 2 is 2.16 bits per heavy atom. The Balaban J connectivity index is 2.26. The van der Waals surface area contributed by atoms with Crippen LogP contribution in [0.4, 0.5) is 4.39 Å². The van der Waals surface area contributed by atoms with Crippen LogP contribution < -0.4 is 10.5 Å². The molecular formula is C15H17FN2O. The van der Waals surface area contributed by atoms with Crippen LogP contribution in [0.1, 0.15) is 22.9 Å². The van der Waals surface area contributed by atoms with Gasteiger partial charge in [-0.1, -0.05) is 17.7 Å². The zero-order valence-electron chi connectivity index (χ0n) is 11.1. The molecule has 2 N–H and O–H groups in total. The summed E-state index contributed by atoms with van der Waals surface area (Å²) in [7, 11) is 1.61. The molecule has 0 aliphatic heterocycles. The lowest BCUT2D eigenvalue weighted by molar-refractivity contribution is 0.407. The topological polar surface area (TPSA) is 48.1 Å². The third kappa shape index (κ3) is 3.09. The largest absolute Gasteiger partial charge is 0.496 e. The quantitative estimate of drug-likeness (QED) is 0.919. The van der Waals surface area contributed by atoms with E-state index in [9.17, 15) is 4.39 Å². The minimum atomic E-state index is -0.489. The fourth-order valence-electron chi connectivity index (χ4n) is 2.07. The molecule has 1 heterocycles. The Kier molecular flexibility index (Phi) is 4.12. The maximum Gasteiger partial charge on any atom is 0.146 e. The van der Waals surface area contributed by atoms with E-state index in [0.717, 1.165) is 16.9 Å². The second-order valence-corrected chi connectivity index (χ2v) is 4.50. The zero-order valence-corrected chi connectivity index (χ0v) is 11.1. The van der Waals surface area contributed by atoms with Gasteiger partial charge >= 0.3 is 0 Å². The Morgan fingerprint density at radius 3 is 2.84 bits per heavy atom. The molecule has 0 spiro atoms. The molecule has 1 atom stereocenters. The molecule has 0 fully saturated rings. The van der Waals surface area contributed by atoms with E-state index in [1.165, 1.54) is 6.07 Å². The van der Waals surface area contributed by atoms with Crippen LogP contribution in [0.25, 0.3) is 0 Å². The molecule has 0 radical (unpaired) electrons. The fraction of sp³-hybridized carbons (Fsp3) is 0.267. The number of benzene rings is 1. The Hall–Kier alpha value is -1.94.